The number of carbonyl (C=O) groups is 1. The first-order valence-corrected chi connectivity index (χ1v) is 4.91. The number of cyclic esters (lactones) is 1. The van der Waals surface area contributed by atoms with Crippen LogP contribution < -0.4 is 0 Å². The third-order valence-corrected chi connectivity index (χ3v) is 2.21. The minimum absolute atomic E-state index is 0.244. The second-order valence-electron chi connectivity index (χ2n) is 3.75. The van der Waals surface area contributed by atoms with Crippen molar-refractivity contribution in [2.24, 2.45) is 0 Å². The lowest BCUT2D eigenvalue weighted by atomic mass is 10.1. The van der Waals surface area contributed by atoms with Crippen molar-refractivity contribution in [3.8, 4) is 0 Å². The van der Waals surface area contributed by atoms with Crippen LogP contribution in [-0.4, -0.2) is 45.7 Å². The molecule has 0 saturated heterocycles. The van der Waals surface area contributed by atoms with E-state index in [1.165, 1.54) is 12.2 Å². The zero-order valence-corrected chi connectivity index (χ0v) is 8.54. The third-order valence-electron chi connectivity index (χ3n) is 2.21. The van der Waals surface area contributed by atoms with Crippen molar-refractivity contribution in [3.05, 3.63) is 12.2 Å². The van der Waals surface area contributed by atoms with Gasteiger partial charge in [0.2, 0.25) is 0 Å². The molecule has 4 atom stereocenters. The maximum atomic E-state index is 11.2. The van der Waals surface area contributed by atoms with Gasteiger partial charge in [-0.3, -0.25) is 4.79 Å². The van der Waals surface area contributed by atoms with Crippen molar-refractivity contribution in [1.82, 2.24) is 0 Å². The molecule has 0 radical (unpaired) electrons. The second-order valence-corrected chi connectivity index (χ2v) is 3.75. The van der Waals surface area contributed by atoms with Gasteiger partial charge in [0.25, 0.3) is 0 Å². The van der Waals surface area contributed by atoms with E-state index in [0.717, 1.165) is 0 Å². The van der Waals surface area contributed by atoms with E-state index >= 15 is 0 Å². The average molecular weight is 216 g/mol. The van der Waals surface area contributed by atoms with Gasteiger partial charge >= 0.3 is 5.97 Å². The van der Waals surface area contributed by atoms with Crippen molar-refractivity contribution in [3.63, 3.8) is 0 Å². The fourth-order valence-corrected chi connectivity index (χ4v) is 1.40. The Hall–Kier alpha value is -0.910. The average Bonchev–Trinajstić information content (AvgIpc) is 2.12. The van der Waals surface area contributed by atoms with Crippen LogP contribution in [0.25, 0.3) is 0 Å². The van der Waals surface area contributed by atoms with Crippen molar-refractivity contribution in [1.29, 1.82) is 0 Å². The molecule has 0 unspecified atom stereocenters. The zero-order chi connectivity index (χ0) is 11.4. The molecule has 0 aliphatic carbocycles. The van der Waals surface area contributed by atoms with E-state index in [0.29, 0.717) is 0 Å². The van der Waals surface area contributed by atoms with Crippen LogP contribution in [0.3, 0.4) is 0 Å². The molecule has 0 spiro atoms. The van der Waals surface area contributed by atoms with Crippen LogP contribution in [0.2, 0.25) is 0 Å². The lowest BCUT2D eigenvalue weighted by molar-refractivity contribution is -0.152. The Labute approximate surface area is 88.0 Å². The topological polar surface area (TPSA) is 87.0 Å². The van der Waals surface area contributed by atoms with Crippen molar-refractivity contribution < 1.29 is 24.9 Å². The predicted octanol–water partition coefficient (Wildman–Crippen LogP) is -0.649. The van der Waals surface area contributed by atoms with Crippen molar-refractivity contribution >= 4 is 5.97 Å². The molecule has 5 heteroatoms. The van der Waals surface area contributed by atoms with Gasteiger partial charge in [-0.25, -0.2) is 0 Å². The maximum Gasteiger partial charge on any atom is 0.308 e. The highest BCUT2D eigenvalue weighted by molar-refractivity contribution is 5.70. The summed E-state index contributed by atoms with van der Waals surface area (Å²) in [5.41, 5.74) is 0. The van der Waals surface area contributed by atoms with Gasteiger partial charge in [0.15, 0.2) is 0 Å². The van der Waals surface area contributed by atoms with E-state index in [1.54, 1.807) is 6.92 Å². The van der Waals surface area contributed by atoms with Crippen molar-refractivity contribution in [2.45, 2.75) is 44.2 Å². The number of aliphatic hydroxyl groups excluding tert-OH is 3. The fourth-order valence-electron chi connectivity index (χ4n) is 1.40. The standard InChI is InChI=1S/C10H16O5/c1-6-4-7(11)2-3-8(12)9(13)5-10(14)15-6/h2-3,6-9,11-13H,4-5H2,1H3/b3-2-/t6-,7-,8-,9+/m0/s1. The number of aliphatic hydroxyl groups is 3. The first-order chi connectivity index (χ1) is 6.99. The lowest BCUT2D eigenvalue weighted by Gasteiger charge is -2.20. The van der Waals surface area contributed by atoms with E-state index < -0.39 is 30.4 Å². The highest BCUT2D eigenvalue weighted by Gasteiger charge is 2.22. The van der Waals surface area contributed by atoms with Gasteiger partial charge in [0, 0.05) is 6.42 Å². The van der Waals surface area contributed by atoms with E-state index in [-0.39, 0.29) is 12.8 Å². The summed E-state index contributed by atoms with van der Waals surface area (Å²) in [6.07, 6.45) is -0.805. The normalized spacial score (nSPS) is 40.7. The van der Waals surface area contributed by atoms with Crippen LogP contribution in [0.4, 0.5) is 0 Å². The summed E-state index contributed by atoms with van der Waals surface area (Å²) in [5.74, 6) is -0.573. The van der Waals surface area contributed by atoms with Gasteiger partial charge in [0.05, 0.1) is 24.7 Å². The molecule has 0 saturated carbocycles. The predicted molar refractivity (Wildman–Crippen MR) is 51.9 cm³/mol. The molecule has 0 bridgehead atoms. The van der Waals surface area contributed by atoms with Crippen LogP contribution >= 0.6 is 0 Å². The number of ether oxygens (including phenoxy) is 1. The molecule has 5 nitrogen and oxygen atoms in total. The van der Waals surface area contributed by atoms with E-state index in [2.05, 4.69) is 0 Å². The summed E-state index contributed by atoms with van der Waals surface area (Å²) < 4.78 is 4.91. The largest absolute Gasteiger partial charge is 0.462 e. The summed E-state index contributed by atoms with van der Waals surface area (Å²) >= 11 is 0. The van der Waals surface area contributed by atoms with E-state index in [1.807, 2.05) is 0 Å². The monoisotopic (exact) mass is 216 g/mol. The molecule has 1 aliphatic heterocycles. The van der Waals surface area contributed by atoms with E-state index in [9.17, 15) is 20.1 Å². The van der Waals surface area contributed by atoms with Gasteiger partial charge in [0.1, 0.15) is 6.10 Å². The number of esters is 1. The number of rotatable bonds is 0. The Morgan fingerprint density at radius 2 is 2.00 bits per heavy atom. The van der Waals surface area contributed by atoms with Gasteiger partial charge < -0.3 is 20.1 Å². The summed E-state index contributed by atoms with van der Waals surface area (Å²) in [5, 5.41) is 28.1. The molecular weight excluding hydrogens is 200 g/mol. The molecule has 1 rings (SSSR count). The molecule has 0 aromatic heterocycles. The minimum Gasteiger partial charge on any atom is -0.462 e. The van der Waals surface area contributed by atoms with Gasteiger partial charge in [-0.2, -0.15) is 0 Å². The molecule has 15 heavy (non-hydrogen) atoms. The SMILES string of the molecule is C[C@H]1C[C@@H](O)/C=C\[C@H](O)[C@H](O)CC(=O)O1. The Morgan fingerprint density at radius 3 is 2.67 bits per heavy atom. The fraction of sp³-hybridized carbons (Fsp3) is 0.700. The number of hydrogen-bond acceptors (Lipinski definition) is 5. The zero-order valence-electron chi connectivity index (χ0n) is 8.54. The molecule has 86 valence electrons. The Bertz CT molecular complexity index is 250. The molecular formula is C10H16O5. The minimum atomic E-state index is -1.19. The summed E-state index contributed by atoms with van der Waals surface area (Å²) in [7, 11) is 0. The molecule has 1 heterocycles. The first kappa shape index (κ1) is 12.2. The summed E-state index contributed by atoms with van der Waals surface area (Å²) in [4.78, 5) is 11.2. The summed E-state index contributed by atoms with van der Waals surface area (Å²) in [6, 6.07) is 0. The van der Waals surface area contributed by atoms with Crippen LogP contribution in [0.15, 0.2) is 12.2 Å². The molecule has 0 aromatic carbocycles. The third kappa shape index (κ3) is 3.99. The van der Waals surface area contributed by atoms with Crippen LogP contribution in [0.1, 0.15) is 19.8 Å². The van der Waals surface area contributed by atoms with Crippen LogP contribution in [-0.2, 0) is 9.53 Å². The summed E-state index contributed by atoms with van der Waals surface area (Å²) in [6.45, 7) is 1.67. The van der Waals surface area contributed by atoms with Gasteiger partial charge in [-0.1, -0.05) is 12.2 Å². The smallest absolute Gasteiger partial charge is 0.308 e. The molecule has 3 N–H and O–H groups in total. The molecule has 0 aromatic rings. The lowest BCUT2D eigenvalue weighted by Crippen LogP contribution is -2.31. The number of hydrogen-bond donors (Lipinski definition) is 3. The molecule has 0 fully saturated rings. The number of carbonyl (C=O) groups excluding carboxylic acids is 1. The molecule has 0 amide bonds. The quantitative estimate of drug-likeness (QED) is 0.370. The second kappa shape index (κ2) is 5.25. The van der Waals surface area contributed by atoms with Crippen LogP contribution in [0, 0.1) is 0 Å². The van der Waals surface area contributed by atoms with Gasteiger partial charge in [-0.15, -0.1) is 0 Å². The molecule has 1 aliphatic rings. The highest BCUT2D eigenvalue weighted by atomic mass is 16.5. The highest BCUT2D eigenvalue weighted by Crippen LogP contribution is 2.11. The van der Waals surface area contributed by atoms with E-state index in [4.69, 9.17) is 4.74 Å². The van der Waals surface area contributed by atoms with Gasteiger partial charge in [-0.05, 0) is 6.92 Å². The Balaban J connectivity index is 2.72. The maximum absolute atomic E-state index is 11.2. The van der Waals surface area contributed by atoms with Crippen molar-refractivity contribution in [2.75, 3.05) is 0 Å². The Kier molecular flexibility index (Phi) is 4.26. The first-order valence-electron chi connectivity index (χ1n) is 4.91. The van der Waals surface area contributed by atoms with Crippen LogP contribution in [0.5, 0.6) is 0 Å². The Morgan fingerprint density at radius 1 is 1.33 bits per heavy atom.